The molecule has 1 atom stereocenters. The summed E-state index contributed by atoms with van der Waals surface area (Å²) in [5.41, 5.74) is 6.92. The molecule has 0 saturated heterocycles. The predicted molar refractivity (Wildman–Crippen MR) is 79.9 cm³/mol. The molecule has 1 rings (SSSR count). The Kier molecular flexibility index (Phi) is 6.90. The molecule has 3 heteroatoms. The van der Waals surface area contributed by atoms with E-state index in [1.165, 1.54) is 18.4 Å². The number of nitrogens with one attached hydrogen (secondary N) is 1. The van der Waals surface area contributed by atoms with Crippen LogP contribution in [0.3, 0.4) is 0 Å². The maximum atomic E-state index is 10.9. The fraction of sp³-hybridized carbons (Fsp3) is 0.438. The zero-order valence-electron chi connectivity index (χ0n) is 11.7. The van der Waals surface area contributed by atoms with E-state index >= 15 is 0 Å². The second-order valence-corrected chi connectivity index (χ2v) is 4.83. The maximum Gasteiger partial charge on any atom is 0.248 e. The van der Waals surface area contributed by atoms with Gasteiger partial charge >= 0.3 is 0 Å². The number of amides is 1. The van der Waals surface area contributed by atoms with Crippen LogP contribution in [0.1, 0.15) is 42.1 Å². The molecule has 0 radical (unpaired) electrons. The normalized spacial score (nSPS) is 12.1. The molecule has 3 N–H and O–H groups in total. The molecule has 104 valence electrons. The Morgan fingerprint density at radius 1 is 1.42 bits per heavy atom. The van der Waals surface area contributed by atoms with E-state index in [-0.39, 0.29) is 5.91 Å². The summed E-state index contributed by atoms with van der Waals surface area (Å²) in [5, 5.41) is 3.42. The minimum Gasteiger partial charge on any atom is -0.366 e. The minimum absolute atomic E-state index is 0.380. The lowest BCUT2D eigenvalue weighted by Crippen LogP contribution is -2.18. The van der Waals surface area contributed by atoms with Crippen LogP contribution >= 0.6 is 0 Å². The van der Waals surface area contributed by atoms with Crippen LogP contribution in [0.25, 0.3) is 0 Å². The van der Waals surface area contributed by atoms with Gasteiger partial charge in [-0.2, -0.15) is 0 Å². The Morgan fingerprint density at radius 2 is 2.11 bits per heavy atom. The van der Waals surface area contributed by atoms with Crippen LogP contribution in [-0.2, 0) is 6.54 Å². The van der Waals surface area contributed by atoms with Crippen molar-refractivity contribution < 1.29 is 4.79 Å². The van der Waals surface area contributed by atoms with E-state index in [4.69, 9.17) is 5.73 Å². The zero-order valence-corrected chi connectivity index (χ0v) is 11.7. The Balaban J connectivity index is 2.29. The first-order valence-corrected chi connectivity index (χ1v) is 6.87. The van der Waals surface area contributed by atoms with Crippen LogP contribution in [-0.4, -0.2) is 12.5 Å². The largest absolute Gasteiger partial charge is 0.366 e. The van der Waals surface area contributed by atoms with Crippen LogP contribution < -0.4 is 11.1 Å². The molecule has 1 aromatic carbocycles. The Hall–Kier alpha value is -1.61. The van der Waals surface area contributed by atoms with Gasteiger partial charge in [0.05, 0.1) is 0 Å². The van der Waals surface area contributed by atoms with Gasteiger partial charge in [-0.25, -0.2) is 0 Å². The topological polar surface area (TPSA) is 55.1 Å². The van der Waals surface area contributed by atoms with Crippen LogP contribution in [0, 0.1) is 5.92 Å². The van der Waals surface area contributed by atoms with Crippen LogP contribution in [0.2, 0.25) is 0 Å². The van der Waals surface area contributed by atoms with Gasteiger partial charge in [-0.05, 0) is 43.0 Å². The number of hydrogen-bond acceptors (Lipinski definition) is 2. The van der Waals surface area contributed by atoms with Gasteiger partial charge < -0.3 is 11.1 Å². The monoisotopic (exact) mass is 260 g/mol. The summed E-state index contributed by atoms with van der Waals surface area (Å²) in [6.07, 6.45) is 5.45. The van der Waals surface area contributed by atoms with Gasteiger partial charge in [0, 0.05) is 12.1 Å². The fourth-order valence-corrected chi connectivity index (χ4v) is 2.05. The molecule has 0 aliphatic carbocycles. The molecule has 0 aliphatic rings. The highest BCUT2D eigenvalue weighted by atomic mass is 16.1. The van der Waals surface area contributed by atoms with Gasteiger partial charge in [0.1, 0.15) is 0 Å². The van der Waals surface area contributed by atoms with Crippen molar-refractivity contribution >= 4 is 5.91 Å². The highest BCUT2D eigenvalue weighted by Crippen LogP contribution is 2.12. The van der Waals surface area contributed by atoms with Crippen LogP contribution in [0.5, 0.6) is 0 Å². The molecule has 19 heavy (non-hydrogen) atoms. The lowest BCUT2D eigenvalue weighted by molar-refractivity contribution is 0.100. The van der Waals surface area contributed by atoms with E-state index in [1.54, 1.807) is 12.1 Å². The van der Waals surface area contributed by atoms with Crippen LogP contribution in [0.15, 0.2) is 36.9 Å². The second kappa shape index (κ2) is 8.48. The van der Waals surface area contributed by atoms with Crippen molar-refractivity contribution in [1.29, 1.82) is 0 Å². The third-order valence-corrected chi connectivity index (χ3v) is 3.37. The first kappa shape index (κ1) is 15.4. The number of primary amides is 1. The van der Waals surface area contributed by atoms with Crippen molar-refractivity contribution in [3.8, 4) is 0 Å². The predicted octanol–water partition coefficient (Wildman–Crippen LogP) is 2.87. The van der Waals surface area contributed by atoms with Gasteiger partial charge in [0.15, 0.2) is 0 Å². The number of benzene rings is 1. The van der Waals surface area contributed by atoms with E-state index in [2.05, 4.69) is 18.8 Å². The zero-order chi connectivity index (χ0) is 14.1. The van der Waals surface area contributed by atoms with Gasteiger partial charge in [0.25, 0.3) is 0 Å². The average Bonchev–Trinajstić information content (AvgIpc) is 2.42. The maximum absolute atomic E-state index is 10.9. The van der Waals surface area contributed by atoms with Crippen LogP contribution in [0.4, 0.5) is 0 Å². The summed E-state index contributed by atoms with van der Waals surface area (Å²) in [4.78, 5) is 10.9. The quantitative estimate of drug-likeness (QED) is 0.530. The lowest BCUT2D eigenvalue weighted by atomic mass is 9.98. The standard InChI is InChI=1S/C16H24N2O/c1-3-5-13(4-2)10-11-18-12-14-6-8-15(9-7-14)16(17)19/h3,6-9,13,18H,1,4-5,10-12H2,2H3,(H2,17,19). The third-order valence-electron chi connectivity index (χ3n) is 3.37. The van der Waals surface area contributed by atoms with E-state index in [9.17, 15) is 4.79 Å². The smallest absolute Gasteiger partial charge is 0.248 e. The SMILES string of the molecule is C=CCC(CC)CCNCc1ccc(C(N)=O)cc1. The molecule has 1 aromatic rings. The minimum atomic E-state index is -0.380. The molecule has 1 unspecified atom stereocenters. The Bertz CT molecular complexity index is 398. The number of carbonyl (C=O) groups excluding carboxylic acids is 1. The molecule has 0 fully saturated rings. The highest BCUT2D eigenvalue weighted by molar-refractivity contribution is 5.92. The fourth-order valence-electron chi connectivity index (χ4n) is 2.05. The molecular formula is C16H24N2O. The molecule has 0 bridgehead atoms. The second-order valence-electron chi connectivity index (χ2n) is 4.83. The number of hydrogen-bond donors (Lipinski definition) is 2. The summed E-state index contributed by atoms with van der Waals surface area (Å²) >= 11 is 0. The van der Waals surface area contributed by atoms with Crippen molar-refractivity contribution in [2.75, 3.05) is 6.54 Å². The molecule has 0 heterocycles. The summed E-state index contributed by atoms with van der Waals surface area (Å²) in [5.74, 6) is 0.344. The summed E-state index contributed by atoms with van der Waals surface area (Å²) in [6, 6.07) is 7.42. The first-order chi connectivity index (χ1) is 9.17. The molecule has 3 nitrogen and oxygen atoms in total. The summed E-state index contributed by atoms with van der Waals surface area (Å²) < 4.78 is 0. The molecule has 0 aromatic heterocycles. The van der Waals surface area contributed by atoms with E-state index in [0.29, 0.717) is 5.56 Å². The number of nitrogens with two attached hydrogens (primary N) is 1. The molecule has 0 saturated carbocycles. The summed E-state index contributed by atoms with van der Waals surface area (Å²) in [7, 11) is 0. The first-order valence-electron chi connectivity index (χ1n) is 6.87. The van der Waals surface area contributed by atoms with E-state index in [1.807, 2.05) is 18.2 Å². The highest BCUT2D eigenvalue weighted by Gasteiger charge is 2.03. The number of carbonyl (C=O) groups is 1. The van der Waals surface area contributed by atoms with Gasteiger partial charge in [-0.15, -0.1) is 6.58 Å². The number of allylic oxidation sites excluding steroid dienone is 1. The lowest BCUT2D eigenvalue weighted by Gasteiger charge is -2.13. The Morgan fingerprint density at radius 3 is 2.63 bits per heavy atom. The molecule has 1 amide bonds. The van der Waals surface area contributed by atoms with Crippen molar-refractivity contribution in [3.05, 3.63) is 48.0 Å². The van der Waals surface area contributed by atoms with Crippen molar-refractivity contribution in [3.63, 3.8) is 0 Å². The van der Waals surface area contributed by atoms with Crippen molar-refractivity contribution in [1.82, 2.24) is 5.32 Å². The molecule has 0 aliphatic heterocycles. The van der Waals surface area contributed by atoms with E-state index in [0.717, 1.165) is 25.4 Å². The van der Waals surface area contributed by atoms with Gasteiger partial charge in [-0.1, -0.05) is 31.6 Å². The molecular weight excluding hydrogens is 236 g/mol. The molecule has 0 spiro atoms. The average molecular weight is 260 g/mol. The van der Waals surface area contributed by atoms with Crippen molar-refractivity contribution in [2.45, 2.75) is 32.7 Å². The Labute approximate surface area is 115 Å². The van der Waals surface area contributed by atoms with Crippen molar-refractivity contribution in [2.24, 2.45) is 11.7 Å². The van der Waals surface area contributed by atoms with E-state index < -0.39 is 0 Å². The van der Waals surface area contributed by atoms with Gasteiger partial charge in [-0.3, -0.25) is 4.79 Å². The third kappa shape index (κ3) is 5.71. The summed E-state index contributed by atoms with van der Waals surface area (Å²) in [6.45, 7) is 7.83. The van der Waals surface area contributed by atoms with Gasteiger partial charge in [0.2, 0.25) is 5.91 Å². The number of rotatable bonds is 9.